The van der Waals surface area contributed by atoms with Gasteiger partial charge in [0.2, 0.25) is 0 Å². The Morgan fingerprint density at radius 3 is 2.59 bits per heavy atom. The molecule has 0 saturated carbocycles. The lowest BCUT2D eigenvalue weighted by Gasteiger charge is -2.11. The molecule has 2 N–H and O–H groups in total. The second-order valence-electron chi connectivity index (χ2n) is 6.52. The van der Waals surface area contributed by atoms with Crippen LogP contribution in [0.3, 0.4) is 0 Å². The number of nitrogens with zero attached hydrogens (tertiary/aromatic N) is 2. The van der Waals surface area contributed by atoms with Gasteiger partial charge in [0.25, 0.3) is 0 Å². The van der Waals surface area contributed by atoms with E-state index < -0.39 is 0 Å². The maximum Gasteiger partial charge on any atom is 0.143 e. The van der Waals surface area contributed by atoms with Crippen molar-refractivity contribution in [2.45, 2.75) is 20.8 Å². The van der Waals surface area contributed by atoms with E-state index in [1.165, 1.54) is 22.3 Å². The van der Waals surface area contributed by atoms with Gasteiger partial charge in [0.05, 0.1) is 11.1 Å². The normalized spacial score (nSPS) is 11.1. The predicted octanol–water partition coefficient (Wildman–Crippen LogP) is 6.39. The van der Waals surface area contributed by atoms with Gasteiger partial charge in [0.15, 0.2) is 0 Å². The predicted molar refractivity (Wildman–Crippen MR) is 113 cm³/mol. The first-order valence-electron chi connectivity index (χ1n) is 8.51. The fourth-order valence-electron chi connectivity index (χ4n) is 3.12. The lowest BCUT2D eigenvalue weighted by Crippen LogP contribution is -1.96. The molecule has 0 fully saturated rings. The van der Waals surface area contributed by atoms with Gasteiger partial charge in [0, 0.05) is 15.5 Å². The van der Waals surface area contributed by atoms with Crippen molar-refractivity contribution in [2.75, 3.05) is 5.32 Å². The van der Waals surface area contributed by atoms with Crippen molar-refractivity contribution in [2.24, 2.45) is 0 Å². The number of hydrogen-bond acceptors (Lipinski definition) is 5. The summed E-state index contributed by atoms with van der Waals surface area (Å²) in [6, 6.07) is 11.3. The highest BCUT2D eigenvalue weighted by Crippen LogP contribution is 2.42. The zero-order valence-corrected chi connectivity index (χ0v) is 16.7. The number of fused-ring (bicyclic) bond motifs is 1. The average Bonchev–Trinajstić information content (AvgIpc) is 2.97. The SMILES string of the molecule is Cc1ccc(-c2c(C)sc3ncnc(Nc4cc(Cl)ccc4O)c23)cc1C. The summed E-state index contributed by atoms with van der Waals surface area (Å²) >= 11 is 7.72. The van der Waals surface area contributed by atoms with E-state index in [4.69, 9.17) is 11.6 Å². The van der Waals surface area contributed by atoms with Gasteiger partial charge in [-0.05, 0) is 55.7 Å². The molecule has 0 atom stereocenters. The fraction of sp³-hybridized carbons (Fsp3) is 0.143. The average molecular weight is 396 g/mol. The summed E-state index contributed by atoms with van der Waals surface area (Å²) in [7, 11) is 0. The molecule has 0 aliphatic heterocycles. The van der Waals surface area contributed by atoms with Crippen molar-refractivity contribution in [3.05, 3.63) is 63.8 Å². The van der Waals surface area contributed by atoms with Crippen molar-refractivity contribution in [3.8, 4) is 16.9 Å². The third-order valence-corrected chi connectivity index (χ3v) is 5.92. The summed E-state index contributed by atoms with van der Waals surface area (Å²) in [5.74, 6) is 0.765. The van der Waals surface area contributed by atoms with Crippen LogP contribution in [0.2, 0.25) is 5.02 Å². The van der Waals surface area contributed by atoms with Gasteiger partial charge in [0.1, 0.15) is 22.7 Å². The summed E-state index contributed by atoms with van der Waals surface area (Å²) in [5.41, 5.74) is 5.26. The number of anilines is 2. The lowest BCUT2D eigenvalue weighted by molar-refractivity contribution is 0.478. The van der Waals surface area contributed by atoms with E-state index in [-0.39, 0.29) is 5.75 Å². The van der Waals surface area contributed by atoms with E-state index in [1.807, 2.05) is 0 Å². The van der Waals surface area contributed by atoms with Gasteiger partial charge in [-0.3, -0.25) is 0 Å². The molecule has 2 heterocycles. The van der Waals surface area contributed by atoms with Crippen LogP contribution in [-0.4, -0.2) is 15.1 Å². The molecule has 0 amide bonds. The number of aromatic nitrogens is 2. The number of thiophene rings is 1. The fourth-order valence-corrected chi connectivity index (χ4v) is 4.30. The van der Waals surface area contributed by atoms with E-state index in [1.54, 1.807) is 29.5 Å². The van der Waals surface area contributed by atoms with E-state index in [2.05, 4.69) is 54.3 Å². The quantitative estimate of drug-likeness (QED) is 0.395. The molecular formula is C21H18ClN3OS. The largest absolute Gasteiger partial charge is 0.506 e. The van der Waals surface area contributed by atoms with Gasteiger partial charge in [-0.15, -0.1) is 11.3 Å². The number of nitrogens with one attached hydrogen (secondary N) is 1. The second-order valence-corrected chi connectivity index (χ2v) is 8.16. The van der Waals surface area contributed by atoms with Crippen LogP contribution in [0, 0.1) is 20.8 Å². The van der Waals surface area contributed by atoms with Gasteiger partial charge < -0.3 is 10.4 Å². The summed E-state index contributed by atoms with van der Waals surface area (Å²) in [6.45, 7) is 6.32. The minimum absolute atomic E-state index is 0.117. The molecule has 2 aromatic heterocycles. The highest BCUT2D eigenvalue weighted by molar-refractivity contribution is 7.19. The first kappa shape index (κ1) is 17.8. The highest BCUT2D eigenvalue weighted by Gasteiger charge is 2.18. The third-order valence-electron chi connectivity index (χ3n) is 4.67. The summed E-state index contributed by atoms with van der Waals surface area (Å²) < 4.78 is 0. The molecule has 4 rings (SSSR count). The number of benzene rings is 2. The Balaban J connectivity index is 1.92. The maximum atomic E-state index is 10.2. The Hall–Kier alpha value is -2.63. The molecule has 4 nitrogen and oxygen atoms in total. The number of phenolic OH excluding ortho intramolecular Hbond substituents is 1. The molecule has 27 heavy (non-hydrogen) atoms. The Morgan fingerprint density at radius 2 is 1.81 bits per heavy atom. The highest BCUT2D eigenvalue weighted by atomic mass is 35.5. The maximum absolute atomic E-state index is 10.2. The van der Waals surface area contributed by atoms with E-state index in [0.29, 0.717) is 16.5 Å². The molecule has 2 aromatic carbocycles. The zero-order chi connectivity index (χ0) is 19.1. The Bertz CT molecular complexity index is 1170. The molecule has 0 radical (unpaired) electrons. The molecule has 6 heteroatoms. The molecule has 0 aliphatic rings. The zero-order valence-electron chi connectivity index (χ0n) is 15.2. The Labute approximate surface area is 166 Å². The lowest BCUT2D eigenvalue weighted by atomic mass is 9.99. The van der Waals surface area contributed by atoms with Gasteiger partial charge in [-0.1, -0.05) is 29.8 Å². The van der Waals surface area contributed by atoms with Crippen molar-refractivity contribution >= 4 is 44.7 Å². The number of aromatic hydroxyl groups is 1. The minimum Gasteiger partial charge on any atom is -0.506 e. The molecule has 136 valence electrons. The topological polar surface area (TPSA) is 58.0 Å². The van der Waals surface area contributed by atoms with E-state index in [9.17, 15) is 5.11 Å². The van der Waals surface area contributed by atoms with Crippen molar-refractivity contribution < 1.29 is 5.11 Å². The first-order valence-corrected chi connectivity index (χ1v) is 9.70. The van der Waals surface area contributed by atoms with Crippen LogP contribution in [0.5, 0.6) is 5.75 Å². The van der Waals surface area contributed by atoms with Crippen LogP contribution in [-0.2, 0) is 0 Å². The second kappa shape index (κ2) is 6.83. The van der Waals surface area contributed by atoms with Crippen molar-refractivity contribution in [3.63, 3.8) is 0 Å². The van der Waals surface area contributed by atoms with E-state index in [0.717, 1.165) is 21.3 Å². The molecule has 0 spiro atoms. The van der Waals surface area contributed by atoms with Gasteiger partial charge in [-0.25, -0.2) is 9.97 Å². The molecule has 0 saturated heterocycles. The molecule has 0 aliphatic carbocycles. The van der Waals surface area contributed by atoms with Crippen LogP contribution in [0.1, 0.15) is 16.0 Å². The van der Waals surface area contributed by atoms with Crippen molar-refractivity contribution in [1.29, 1.82) is 0 Å². The third kappa shape index (κ3) is 3.24. The monoisotopic (exact) mass is 395 g/mol. The van der Waals surface area contributed by atoms with Crippen LogP contribution >= 0.6 is 22.9 Å². The number of hydrogen-bond donors (Lipinski definition) is 2. The number of halogens is 1. The van der Waals surface area contributed by atoms with Crippen LogP contribution in [0.25, 0.3) is 21.3 Å². The first-order chi connectivity index (χ1) is 12.9. The van der Waals surface area contributed by atoms with Crippen LogP contribution in [0.4, 0.5) is 11.5 Å². The number of aryl methyl sites for hydroxylation is 3. The molecule has 0 bridgehead atoms. The molecular weight excluding hydrogens is 378 g/mol. The van der Waals surface area contributed by atoms with Crippen LogP contribution in [0.15, 0.2) is 42.7 Å². The summed E-state index contributed by atoms with van der Waals surface area (Å²) in [5, 5.41) is 14.9. The van der Waals surface area contributed by atoms with Gasteiger partial charge >= 0.3 is 0 Å². The smallest absolute Gasteiger partial charge is 0.143 e. The minimum atomic E-state index is 0.117. The summed E-state index contributed by atoms with van der Waals surface area (Å²) in [4.78, 5) is 11.0. The number of rotatable bonds is 3. The van der Waals surface area contributed by atoms with Crippen LogP contribution < -0.4 is 5.32 Å². The van der Waals surface area contributed by atoms with Gasteiger partial charge in [-0.2, -0.15) is 0 Å². The number of phenols is 1. The van der Waals surface area contributed by atoms with E-state index >= 15 is 0 Å². The molecule has 4 aromatic rings. The summed E-state index contributed by atoms with van der Waals surface area (Å²) in [6.07, 6.45) is 1.53. The Morgan fingerprint density at radius 1 is 1.00 bits per heavy atom. The molecule has 0 unspecified atom stereocenters. The Kier molecular flexibility index (Phi) is 4.50. The standard InChI is InChI=1S/C21H18ClN3OS/c1-11-4-5-14(8-12(11)2)18-13(3)27-21-19(18)20(23-10-24-21)25-16-9-15(22)6-7-17(16)26/h4-10,26H,1-3H3,(H,23,24,25). The van der Waals surface area contributed by atoms with Crippen molar-refractivity contribution in [1.82, 2.24) is 9.97 Å².